The molecule has 0 bridgehead atoms. The van der Waals surface area contributed by atoms with E-state index in [1.165, 1.54) is 19.8 Å². The first-order valence-electron chi connectivity index (χ1n) is 9.20. The number of amides is 2. The third-order valence-electron chi connectivity index (χ3n) is 4.44. The fourth-order valence-electron chi connectivity index (χ4n) is 2.78. The molecule has 0 aromatic heterocycles. The second kappa shape index (κ2) is 10.2. The van der Waals surface area contributed by atoms with E-state index >= 15 is 0 Å². The molecule has 1 fully saturated rings. The Labute approximate surface area is 197 Å². The van der Waals surface area contributed by atoms with Gasteiger partial charge < -0.3 is 14.2 Å². The van der Waals surface area contributed by atoms with E-state index in [0.717, 1.165) is 25.8 Å². The first kappa shape index (κ1) is 23.1. The lowest BCUT2D eigenvalue weighted by Crippen LogP contribution is -2.34. The molecule has 7 nitrogen and oxygen atoms in total. The topological polar surface area (TPSA) is 82.1 Å². The number of halogens is 1. The summed E-state index contributed by atoms with van der Waals surface area (Å²) in [5.41, 5.74) is 2.88. The monoisotopic (exact) mass is 553 g/mol. The Kier molecular flexibility index (Phi) is 7.60. The third kappa shape index (κ3) is 5.59. The van der Waals surface area contributed by atoms with Crippen LogP contribution >= 0.6 is 34.4 Å². The van der Waals surface area contributed by atoms with E-state index in [9.17, 15) is 14.4 Å². The van der Waals surface area contributed by atoms with Gasteiger partial charge in [0.15, 0.2) is 11.5 Å². The fraction of sp³-hybridized carbons (Fsp3) is 0.227. The van der Waals surface area contributed by atoms with E-state index < -0.39 is 23.7 Å². The van der Waals surface area contributed by atoms with Crippen molar-refractivity contribution >= 4 is 57.5 Å². The summed E-state index contributed by atoms with van der Waals surface area (Å²) in [6.07, 6.45) is 1.59. The Balaban J connectivity index is 1.80. The highest BCUT2D eigenvalue weighted by molar-refractivity contribution is 14.1. The van der Waals surface area contributed by atoms with Crippen molar-refractivity contribution in [1.29, 1.82) is 0 Å². The Morgan fingerprint density at radius 2 is 1.87 bits per heavy atom. The second-order valence-electron chi connectivity index (χ2n) is 6.65. The van der Waals surface area contributed by atoms with Crippen molar-refractivity contribution in [2.75, 3.05) is 20.8 Å². The summed E-state index contributed by atoms with van der Waals surface area (Å²) in [5, 5.41) is -0.513. The van der Waals surface area contributed by atoms with Crippen LogP contribution in [-0.4, -0.2) is 42.8 Å². The molecule has 0 spiro atoms. The largest absolute Gasteiger partial charge is 0.493 e. The Hall–Kier alpha value is -2.53. The number of benzene rings is 2. The van der Waals surface area contributed by atoms with Crippen LogP contribution in [0.5, 0.6) is 11.5 Å². The molecule has 9 heteroatoms. The van der Waals surface area contributed by atoms with Gasteiger partial charge in [0.1, 0.15) is 13.2 Å². The number of carbonyl (C=O) groups is 3. The number of imide groups is 1. The molecule has 31 heavy (non-hydrogen) atoms. The lowest BCUT2D eigenvalue weighted by molar-refractivity contribution is -0.143. The van der Waals surface area contributed by atoms with Gasteiger partial charge in [0.25, 0.3) is 11.1 Å². The van der Waals surface area contributed by atoms with E-state index in [4.69, 9.17) is 9.47 Å². The van der Waals surface area contributed by atoms with Gasteiger partial charge >= 0.3 is 5.97 Å². The molecule has 1 aliphatic heterocycles. The van der Waals surface area contributed by atoms with Crippen molar-refractivity contribution in [2.24, 2.45) is 0 Å². The van der Waals surface area contributed by atoms with Crippen molar-refractivity contribution in [3.8, 4) is 11.5 Å². The van der Waals surface area contributed by atoms with Crippen molar-refractivity contribution in [1.82, 2.24) is 4.90 Å². The Morgan fingerprint density at radius 1 is 1.16 bits per heavy atom. The first-order valence-corrected chi connectivity index (χ1v) is 11.1. The Bertz CT molecular complexity index is 1050. The summed E-state index contributed by atoms with van der Waals surface area (Å²) in [7, 11) is 2.74. The quantitative estimate of drug-likeness (QED) is 0.286. The van der Waals surface area contributed by atoms with Crippen molar-refractivity contribution in [3.63, 3.8) is 0 Å². The maximum Gasteiger partial charge on any atom is 0.325 e. The number of hydrogen-bond donors (Lipinski definition) is 0. The van der Waals surface area contributed by atoms with Gasteiger partial charge in [0.05, 0.1) is 22.7 Å². The lowest BCUT2D eigenvalue weighted by atomic mass is 10.1. The van der Waals surface area contributed by atoms with E-state index in [1.807, 2.05) is 37.3 Å². The zero-order valence-electron chi connectivity index (χ0n) is 17.1. The van der Waals surface area contributed by atoms with Gasteiger partial charge in [0, 0.05) is 0 Å². The van der Waals surface area contributed by atoms with Crippen LogP contribution < -0.4 is 9.47 Å². The summed E-state index contributed by atoms with van der Waals surface area (Å²) < 4.78 is 16.8. The van der Waals surface area contributed by atoms with Crippen LogP contribution in [0.15, 0.2) is 41.3 Å². The van der Waals surface area contributed by atoms with Crippen LogP contribution in [0, 0.1) is 10.5 Å². The molecule has 162 valence electrons. The van der Waals surface area contributed by atoms with Crippen molar-refractivity contribution in [3.05, 3.63) is 61.6 Å². The number of rotatable bonds is 7. The molecule has 0 radical (unpaired) electrons. The molecule has 0 aliphatic carbocycles. The van der Waals surface area contributed by atoms with Crippen LogP contribution in [0.4, 0.5) is 4.79 Å². The maximum absolute atomic E-state index is 12.5. The van der Waals surface area contributed by atoms with Crippen LogP contribution in [-0.2, 0) is 20.9 Å². The molecule has 0 atom stereocenters. The molecule has 3 rings (SSSR count). The average molecular weight is 553 g/mol. The normalized spacial score (nSPS) is 14.8. The van der Waals surface area contributed by atoms with Gasteiger partial charge in [-0.15, -0.1) is 0 Å². The van der Waals surface area contributed by atoms with Gasteiger partial charge in [0.2, 0.25) is 0 Å². The molecule has 1 heterocycles. The van der Waals surface area contributed by atoms with Crippen LogP contribution in [0.2, 0.25) is 0 Å². The number of methoxy groups -OCH3 is 2. The number of ether oxygens (including phenoxy) is 3. The molecular weight excluding hydrogens is 533 g/mol. The predicted molar refractivity (Wildman–Crippen MR) is 126 cm³/mol. The summed E-state index contributed by atoms with van der Waals surface area (Å²) in [5.74, 6) is -0.0809. The number of hydrogen-bond acceptors (Lipinski definition) is 7. The van der Waals surface area contributed by atoms with Gasteiger partial charge in [-0.05, 0) is 70.6 Å². The fourth-order valence-corrected chi connectivity index (χ4v) is 4.40. The summed E-state index contributed by atoms with van der Waals surface area (Å²) in [6.45, 7) is 2.00. The molecule has 2 aromatic carbocycles. The minimum absolute atomic E-state index is 0.222. The third-order valence-corrected chi connectivity index (χ3v) is 6.15. The number of nitrogens with zero attached hydrogens (tertiary/aromatic N) is 1. The number of thioether (sulfide) groups is 1. The maximum atomic E-state index is 12.5. The minimum Gasteiger partial charge on any atom is -0.493 e. The molecule has 0 N–H and O–H groups in total. The molecule has 0 unspecified atom stereocenters. The average Bonchev–Trinajstić information content (AvgIpc) is 3.01. The van der Waals surface area contributed by atoms with Gasteiger partial charge in [-0.25, -0.2) is 0 Å². The molecular formula is C22H20INO6S. The van der Waals surface area contributed by atoms with E-state index in [1.54, 1.807) is 12.1 Å². The summed E-state index contributed by atoms with van der Waals surface area (Å²) >= 11 is 2.92. The van der Waals surface area contributed by atoms with Gasteiger partial charge in [-0.1, -0.05) is 29.8 Å². The van der Waals surface area contributed by atoms with Gasteiger partial charge in [-0.3, -0.25) is 19.3 Å². The highest BCUT2D eigenvalue weighted by atomic mass is 127. The van der Waals surface area contributed by atoms with Crippen LogP contribution in [0.1, 0.15) is 16.7 Å². The second-order valence-corrected chi connectivity index (χ2v) is 8.81. The van der Waals surface area contributed by atoms with E-state index in [0.29, 0.717) is 23.7 Å². The molecule has 1 aliphatic rings. The highest BCUT2D eigenvalue weighted by Gasteiger charge is 2.36. The standard InChI is InChI=1S/C22H20INO6S/c1-13-4-6-14(7-5-13)12-30-20-16(23)8-15(9-17(20)28-2)10-18-21(26)24(22(27)31-18)11-19(25)29-3/h4-10H,11-12H2,1-3H3/b18-10-. The smallest absolute Gasteiger partial charge is 0.325 e. The SMILES string of the molecule is COC(=O)CN1C(=O)S/C(=C\c2cc(I)c(OCc3ccc(C)cc3)c(OC)c2)C1=O. The number of esters is 1. The van der Waals surface area contributed by atoms with Gasteiger partial charge in [-0.2, -0.15) is 0 Å². The van der Waals surface area contributed by atoms with E-state index in [-0.39, 0.29) is 4.91 Å². The zero-order valence-corrected chi connectivity index (χ0v) is 20.1. The predicted octanol–water partition coefficient (Wildman–Crippen LogP) is 4.40. The zero-order chi connectivity index (χ0) is 22.5. The Morgan fingerprint density at radius 3 is 2.52 bits per heavy atom. The molecule has 0 saturated carbocycles. The van der Waals surface area contributed by atoms with E-state index in [2.05, 4.69) is 27.3 Å². The van der Waals surface area contributed by atoms with Crippen LogP contribution in [0.3, 0.4) is 0 Å². The highest BCUT2D eigenvalue weighted by Crippen LogP contribution is 2.37. The number of carbonyl (C=O) groups excluding carboxylic acids is 3. The number of aryl methyl sites for hydroxylation is 1. The molecule has 2 amide bonds. The minimum atomic E-state index is -0.658. The van der Waals surface area contributed by atoms with Crippen molar-refractivity contribution < 1.29 is 28.6 Å². The summed E-state index contributed by atoms with van der Waals surface area (Å²) in [6, 6.07) is 11.6. The molecule has 2 aromatic rings. The van der Waals surface area contributed by atoms with Crippen molar-refractivity contribution in [2.45, 2.75) is 13.5 Å². The first-order chi connectivity index (χ1) is 14.8. The van der Waals surface area contributed by atoms with Crippen LogP contribution in [0.25, 0.3) is 6.08 Å². The lowest BCUT2D eigenvalue weighted by Gasteiger charge is -2.14. The molecule has 1 saturated heterocycles. The summed E-state index contributed by atoms with van der Waals surface area (Å²) in [4.78, 5) is 37.1.